The number of nitrogens with zero attached hydrogens (tertiary/aromatic N) is 2. The monoisotopic (exact) mass is 416 g/mol. The van der Waals surface area contributed by atoms with Gasteiger partial charge < -0.3 is 9.64 Å². The Morgan fingerprint density at radius 3 is 2.62 bits per heavy atom. The number of carbonyl (C=O) groups excluding carboxylic acids is 3. The number of hydrogen-bond donors (Lipinski definition) is 0. The van der Waals surface area contributed by atoms with Crippen molar-refractivity contribution < 1.29 is 19.1 Å². The molecule has 2 atom stereocenters. The highest BCUT2D eigenvalue weighted by atomic mass is 32.2. The summed E-state index contributed by atoms with van der Waals surface area (Å²) < 4.78 is 4.68. The van der Waals surface area contributed by atoms with Crippen molar-refractivity contribution in [3.8, 4) is 0 Å². The molecule has 0 saturated carbocycles. The van der Waals surface area contributed by atoms with E-state index in [1.165, 1.54) is 25.3 Å². The van der Waals surface area contributed by atoms with E-state index < -0.39 is 23.2 Å². The zero-order valence-electron chi connectivity index (χ0n) is 18.0. The number of ether oxygens (including phenoxy) is 1. The van der Waals surface area contributed by atoms with Crippen molar-refractivity contribution in [2.75, 3.05) is 19.1 Å². The van der Waals surface area contributed by atoms with Gasteiger partial charge in [-0.1, -0.05) is 6.92 Å². The van der Waals surface area contributed by atoms with E-state index in [9.17, 15) is 14.4 Å². The molecule has 0 N–H and O–H groups in total. The molecule has 0 spiro atoms. The number of methoxy groups -OCH3 is 1. The van der Waals surface area contributed by atoms with Crippen LogP contribution in [0, 0.1) is 6.92 Å². The molecule has 2 amide bonds. The molecule has 1 saturated heterocycles. The fourth-order valence-corrected chi connectivity index (χ4v) is 5.02. The first-order valence-corrected chi connectivity index (χ1v) is 10.5. The highest BCUT2D eigenvalue weighted by molar-refractivity contribution is 8.18. The first-order chi connectivity index (χ1) is 13.5. The third kappa shape index (κ3) is 3.68. The lowest BCUT2D eigenvalue weighted by Gasteiger charge is -2.45. The number of anilines is 1. The lowest BCUT2D eigenvalue weighted by molar-refractivity contribution is -0.148. The van der Waals surface area contributed by atoms with Gasteiger partial charge in [0.2, 0.25) is 0 Å². The maximum absolute atomic E-state index is 12.8. The van der Waals surface area contributed by atoms with Gasteiger partial charge >= 0.3 is 5.97 Å². The molecule has 0 aromatic heterocycles. The second-order valence-electron chi connectivity index (χ2n) is 8.50. The SMILES string of the molecule is COC(=O)[C@H](C)N1C(=O)S/C(=C/c2cc3c(cc2C)N(C)C(C)(C)C[C@@H]3C)C1=O. The number of hydrogen-bond acceptors (Lipinski definition) is 6. The predicted octanol–water partition coefficient (Wildman–Crippen LogP) is 4.31. The molecule has 0 bridgehead atoms. The van der Waals surface area contributed by atoms with Crippen LogP contribution in [0.25, 0.3) is 6.08 Å². The summed E-state index contributed by atoms with van der Waals surface area (Å²) in [7, 11) is 3.35. The van der Waals surface area contributed by atoms with Crippen molar-refractivity contribution in [3.63, 3.8) is 0 Å². The largest absolute Gasteiger partial charge is 0.467 e. The number of fused-ring (bicyclic) bond motifs is 1. The number of esters is 1. The molecule has 2 aliphatic rings. The zero-order chi connectivity index (χ0) is 21.7. The van der Waals surface area contributed by atoms with Gasteiger partial charge in [0.15, 0.2) is 0 Å². The van der Waals surface area contributed by atoms with Gasteiger partial charge in [0.05, 0.1) is 12.0 Å². The lowest BCUT2D eigenvalue weighted by atomic mass is 9.79. The van der Waals surface area contributed by atoms with Gasteiger partial charge in [-0.25, -0.2) is 4.79 Å². The van der Waals surface area contributed by atoms with Gasteiger partial charge in [0, 0.05) is 18.3 Å². The normalized spacial score (nSPS) is 23.4. The van der Waals surface area contributed by atoms with Gasteiger partial charge in [0.1, 0.15) is 6.04 Å². The molecule has 3 rings (SSSR count). The quantitative estimate of drug-likeness (QED) is 0.540. The fraction of sp³-hybridized carbons (Fsp3) is 0.500. The lowest BCUT2D eigenvalue weighted by Crippen LogP contribution is -2.45. The van der Waals surface area contributed by atoms with Gasteiger partial charge in [-0.2, -0.15) is 0 Å². The van der Waals surface area contributed by atoms with Gasteiger partial charge in [-0.3, -0.25) is 14.5 Å². The molecular formula is C22H28N2O4S. The first-order valence-electron chi connectivity index (χ1n) is 9.71. The predicted molar refractivity (Wildman–Crippen MR) is 116 cm³/mol. The van der Waals surface area contributed by atoms with Crippen molar-refractivity contribution in [3.05, 3.63) is 33.7 Å². The topological polar surface area (TPSA) is 66.9 Å². The number of rotatable bonds is 3. The van der Waals surface area contributed by atoms with Crippen LogP contribution in [0.3, 0.4) is 0 Å². The third-order valence-corrected chi connectivity index (χ3v) is 6.94. The number of aryl methyl sites for hydroxylation is 1. The van der Waals surface area contributed by atoms with E-state index in [1.807, 2.05) is 6.92 Å². The minimum atomic E-state index is -0.945. The van der Waals surface area contributed by atoms with Crippen LogP contribution in [0.2, 0.25) is 0 Å². The Kier molecular flexibility index (Phi) is 5.56. The zero-order valence-corrected chi connectivity index (χ0v) is 18.8. The Morgan fingerprint density at radius 1 is 1.34 bits per heavy atom. The number of amides is 2. The molecule has 0 radical (unpaired) electrons. The van der Waals surface area contributed by atoms with Crippen molar-refractivity contribution in [2.24, 2.45) is 0 Å². The number of thioether (sulfide) groups is 1. The molecule has 2 heterocycles. The highest BCUT2D eigenvalue weighted by Gasteiger charge is 2.41. The molecule has 1 aromatic carbocycles. The minimum Gasteiger partial charge on any atom is -0.467 e. The molecular weight excluding hydrogens is 388 g/mol. The van der Waals surface area contributed by atoms with Crippen LogP contribution in [0.1, 0.15) is 56.7 Å². The van der Waals surface area contributed by atoms with E-state index in [1.54, 1.807) is 6.08 Å². The van der Waals surface area contributed by atoms with Crippen LogP contribution >= 0.6 is 11.8 Å². The molecule has 1 aromatic rings. The molecule has 0 unspecified atom stereocenters. The Morgan fingerprint density at radius 2 is 2.00 bits per heavy atom. The van der Waals surface area contributed by atoms with E-state index in [0.29, 0.717) is 10.8 Å². The van der Waals surface area contributed by atoms with E-state index in [2.05, 4.69) is 49.6 Å². The van der Waals surface area contributed by atoms with Crippen LogP contribution in [0.15, 0.2) is 17.0 Å². The average molecular weight is 417 g/mol. The first kappa shape index (κ1) is 21.4. The maximum atomic E-state index is 12.8. The van der Waals surface area contributed by atoms with Crippen LogP contribution < -0.4 is 4.90 Å². The van der Waals surface area contributed by atoms with Crippen molar-refractivity contribution in [1.29, 1.82) is 0 Å². The van der Waals surface area contributed by atoms with Gasteiger partial charge in [-0.15, -0.1) is 0 Å². The van der Waals surface area contributed by atoms with Crippen molar-refractivity contribution >= 4 is 40.6 Å². The number of carbonyl (C=O) groups is 3. The van der Waals surface area contributed by atoms with E-state index in [-0.39, 0.29) is 5.54 Å². The summed E-state index contributed by atoms with van der Waals surface area (Å²) in [4.78, 5) is 40.5. The van der Waals surface area contributed by atoms with Crippen molar-refractivity contribution in [2.45, 2.75) is 58.5 Å². The van der Waals surface area contributed by atoms with E-state index in [0.717, 1.165) is 34.2 Å². The summed E-state index contributed by atoms with van der Waals surface area (Å²) in [5, 5.41) is -0.454. The van der Waals surface area contributed by atoms with Crippen LogP contribution in [-0.4, -0.2) is 47.8 Å². The fourth-order valence-electron chi connectivity index (χ4n) is 4.12. The Hall–Kier alpha value is -2.28. The third-order valence-electron chi connectivity index (χ3n) is 6.06. The molecule has 0 aliphatic carbocycles. The summed E-state index contributed by atoms with van der Waals surface area (Å²) in [5.41, 5.74) is 4.47. The summed E-state index contributed by atoms with van der Waals surface area (Å²) >= 11 is 0.860. The Bertz CT molecular complexity index is 922. The minimum absolute atomic E-state index is 0.0764. The second-order valence-corrected chi connectivity index (χ2v) is 9.49. The number of imide groups is 1. The Balaban J connectivity index is 1.98. The smallest absolute Gasteiger partial charge is 0.328 e. The van der Waals surface area contributed by atoms with Crippen LogP contribution in [0.4, 0.5) is 10.5 Å². The molecule has 2 aliphatic heterocycles. The molecule has 1 fully saturated rings. The molecule has 29 heavy (non-hydrogen) atoms. The van der Waals surface area contributed by atoms with E-state index >= 15 is 0 Å². The summed E-state index contributed by atoms with van der Waals surface area (Å²) in [6.07, 6.45) is 2.79. The Labute approximate surface area is 176 Å². The highest BCUT2D eigenvalue weighted by Crippen LogP contribution is 2.44. The molecule has 156 valence electrons. The summed E-state index contributed by atoms with van der Waals surface area (Å²) in [5.74, 6) is -0.683. The second kappa shape index (κ2) is 7.52. The van der Waals surface area contributed by atoms with E-state index in [4.69, 9.17) is 0 Å². The number of benzene rings is 1. The van der Waals surface area contributed by atoms with Gasteiger partial charge in [0.25, 0.3) is 11.1 Å². The summed E-state index contributed by atoms with van der Waals surface area (Å²) in [6.45, 7) is 10.2. The maximum Gasteiger partial charge on any atom is 0.328 e. The average Bonchev–Trinajstić information content (AvgIpc) is 2.92. The van der Waals surface area contributed by atoms with Crippen LogP contribution in [0.5, 0.6) is 0 Å². The molecule has 6 nitrogen and oxygen atoms in total. The van der Waals surface area contributed by atoms with Crippen molar-refractivity contribution in [1.82, 2.24) is 4.90 Å². The van der Waals surface area contributed by atoms with Gasteiger partial charge in [-0.05, 0) is 86.7 Å². The molecule has 7 heteroatoms. The van der Waals surface area contributed by atoms with Crippen LogP contribution in [-0.2, 0) is 14.3 Å². The standard InChI is InChI=1S/C22H28N2O4S/c1-12-8-17-16(13(2)11-22(4,5)23(17)6)9-15(12)10-18-19(25)24(21(27)29-18)14(3)20(26)28-7/h8-10,13-14H,11H2,1-7H3/b18-10+/t13-,14-/m0/s1. The summed E-state index contributed by atoms with van der Waals surface area (Å²) in [6, 6.07) is 3.33.